The number of likely N-dealkylation sites (tertiary alicyclic amines) is 1. The van der Waals surface area contributed by atoms with Crippen LogP contribution in [0.15, 0.2) is 78.9 Å². The van der Waals surface area contributed by atoms with Gasteiger partial charge in [-0.2, -0.15) is 13.2 Å². The quantitative estimate of drug-likeness (QED) is 0.493. The average Bonchev–Trinajstić information content (AvgIpc) is 2.87. The normalized spacial score (nSPS) is 18.2. The lowest BCUT2D eigenvalue weighted by molar-refractivity contribution is -0.137. The fourth-order valence-electron chi connectivity index (χ4n) is 4.39. The van der Waals surface area contributed by atoms with Crippen molar-refractivity contribution < 1.29 is 27.2 Å². The number of benzene rings is 3. The lowest BCUT2D eigenvalue weighted by Gasteiger charge is -2.37. The zero-order valence-corrected chi connectivity index (χ0v) is 18.8. The van der Waals surface area contributed by atoms with Gasteiger partial charge in [-0.05, 0) is 53.9 Å². The second-order valence-corrected chi connectivity index (χ2v) is 8.67. The lowest BCUT2D eigenvalue weighted by Crippen LogP contribution is -2.48. The number of nitrogens with zero attached hydrogens (tertiary/aromatic N) is 1. The number of carbonyl (C=O) groups excluding carboxylic acids is 2. The topological polar surface area (TPSA) is 49.4 Å². The molecule has 1 heterocycles. The molecule has 3 aromatic rings. The second-order valence-electron chi connectivity index (χ2n) is 8.67. The summed E-state index contributed by atoms with van der Waals surface area (Å²) in [5, 5.41) is 2.73. The first-order chi connectivity index (χ1) is 16.7. The Morgan fingerprint density at radius 1 is 0.914 bits per heavy atom. The predicted molar refractivity (Wildman–Crippen MR) is 123 cm³/mol. The Morgan fingerprint density at radius 2 is 1.63 bits per heavy atom. The van der Waals surface area contributed by atoms with E-state index in [1.54, 1.807) is 4.90 Å². The maximum absolute atomic E-state index is 13.3. The van der Waals surface area contributed by atoms with Crippen molar-refractivity contribution >= 4 is 11.8 Å². The Kier molecular flexibility index (Phi) is 7.19. The van der Waals surface area contributed by atoms with Gasteiger partial charge < -0.3 is 10.2 Å². The number of piperidine rings is 1. The van der Waals surface area contributed by atoms with Crippen molar-refractivity contribution in [2.24, 2.45) is 5.92 Å². The molecule has 0 unspecified atom stereocenters. The van der Waals surface area contributed by atoms with E-state index in [1.807, 2.05) is 30.3 Å². The Hall–Kier alpha value is -3.68. The van der Waals surface area contributed by atoms with Crippen LogP contribution in [0.25, 0.3) is 0 Å². The molecule has 1 N–H and O–H groups in total. The van der Waals surface area contributed by atoms with Gasteiger partial charge in [0.1, 0.15) is 5.82 Å². The lowest BCUT2D eigenvalue weighted by atomic mass is 9.83. The van der Waals surface area contributed by atoms with Gasteiger partial charge in [0, 0.05) is 31.1 Å². The third-order valence-electron chi connectivity index (χ3n) is 6.19. The average molecular weight is 484 g/mol. The minimum atomic E-state index is -4.46. The summed E-state index contributed by atoms with van der Waals surface area (Å²) in [7, 11) is 0. The summed E-state index contributed by atoms with van der Waals surface area (Å²) in [6.45, 7) is 0.507. The smallest absolute Gasteiger partial charge is 0.352 e. The zero-order chi connectivity index (χ0) is 25.0. The Labute approximate surface area is 200 Å². The minimum absolute atomic E-state index is 0.0544. The van der Waals surface area contributed by atoms with Crippen LogP contribution >= 0.6 is 0 Å². The van der Waals surface area contributed by atoms with Crippen LogP contribution in [0, 0.1) is 11.7 Å². The molecule has 0 saturated carbocycles. The van der Waals surface area contributed by atoms with E-state index in [0.29, 0.717) is 24.1 Å². The SMILES string of the molecule is O=C(NCc1cccc(C(F)(F)F)c1)[C@H]1C[C@@H](c2ccccc2)CN(C(=O)c2ccc(F)cc2)C1. The van der Waals surface area contributed by atoms with Crippen LogP contribution in [-0.4, -0.2) is 29.8 Å². The molecular weight excluding hydrogens is 460 g/mol. The summed E-state index contributed by atoms with van der Waals surface area (Å²) in [5.41, 5.74) is 0.869. The molecule has 3 aromatic carbocycles. The highest BCUT2D eigenvalue weighted by atomic mass is 19.4. The monoisotopic (exact) mass is 484 g/mol. The number of amides is 2. The number of alkyl halides is 3. The molecule has 8 heteroatoms. The predicted octanol–water partition coefficient (Wildman–Crippen LogP) is 5.41. The number of carbonyl (C=O) groups is 2. The fraction of sp³-hybridized carbons (Fsp3) is 0.259. The highest BCUT2D eigenvalue weighted by Gasteiger charge is 2.35. The summed E-state index contributed by atoms with van der Waals surface area (Å²) >= 11 is 0. The summed E-state index contributed by atoms with van der Waals surface area (Å²) < 4.78 is 52.3. The Balaban J connectivity index is 1.50. The van der Waals surface area contributed by atoms with Crippen LogP contribution in [0.1, 0.15) is 39.4 Å². The molecule has 4 nitrogen and oxygen atoms in total. The van der Waals surface area contributed by atoms with Crippen molar-refractivity contribution in [1.29, 1.82) is 0 Å². The highest BCUT2D eigenvalue weighted by molar-refractivity contribution is 5.94. The van der Waals surface area contributed by atoms with Crippen LogP contribution in [0.4, 0.5) is 17.6 Å². The van der Waals surface area contributed by atoms with Crippen molar-refractivity contribution in [3.63, 3.8) is 0 Å². The van der Waals surface area contributed by atoms with Crippen molar-refractivity contribution in [2.45, 2.75) is 25.1 Å². The van der Waals surface area contributed by atoms with Crippen molar-refractivity contribution in [3.05, 3.63) is 107 Å². The van der Waals surface area contributed by atoms with Gasteiger partial charge in [0.25, 0.3) is 5.91 Å². The third kappa shape index (κ3) is 6.07. The first-order valence-electron chi connectivity index (χ1n) is 11.2. The molecule has 1 fully saturated rings. The second kappa shape index (κ2) is 10.3. The molecule has 0 spiro atoms. The van der Waals surface area contributed by atoms with Gasteiger partial charge >= 0.3 is 6.18 Å². The molecule has 2 atom stereocenters. The van der Waals surface area contributed by atoms with Gasteiger partial charge in [-0.1, -0.05) is 42.5 Å². The van der Waals surface area contributed by atoms with Gasteiger partial charge in [0.15, 0.2) is 0 Å². The number of nitrogens with one attached hydrogen (secondary N) is 1. The minimum Gasteiger partial charge on any atom is -0.352 e. The molecule has 2 amide bonds. The molecule has 35 heavy (non-hydrogen) atoms. The van der Waals surface area contributed by atoms with E-state index < -0.39 is 23.5 Å². The third-order valence-corrected chi connectivity index (χ3v) is 6.19. The molecule has 1 aliphatic heterocycles. The van der Waals surface area contributed by atoms with Gasteiger partial charge in [0.05, 0.1) is 11.5 Å². The van der Waals surface area contributed by atoms with Gasteiger partial charge in [-0.25, -0.2) is 4.39 Å². The van der Waals surface area contributed by atoms with E-state index in [0.717, 1.165) is 17.7 Å². The summed E-state index contributed by atoms with van der Waals surface area (Å²) in [6, 6.07) is 19.6. The van der Waals surface area contributed by atoms with Crippen LogP contribution < -0.4 is 5.32 Å². The van der Waals surface area contributed by atoms with E-state index in [-0.39, 0.29) is 30.8 Å². The largest absolute Gasteiger partial charge is 0.416 e. The maximum atomic E-state index is 13.3. The molecule has 0 aliphatic carbocycles. The van der Waals surface area contributed by atoms with Crippen LogP contribution in [-0.2, 0) is 17.5 Å². The Morgan fingerprint density at radius 3 is 2.31 bits per heavy atom. The fourth-order valence-corrected chi connectivity index (χ4v) is 4.39. The molecule has 1 aliphatic rings. The van der Waals surface area contributed by atoms with Crippen LogP contribution in [0.2, 0.25) is 0 Å². The van der Waals surface area contributed by atoms with Crippen molar-refractivity contribution in [1.82, 2.24) is 10.2 Å². The van der Waals surface area contributed by atoms with Gasteiger partial charge in [0.2, 0.25) is 5.91 Å². The number of halogens is 4. The summed E-state index contributed by atoms with van der Waals surface area (Å²) in [5.74, 6) is -1.74. The summed E-state index contributed by atoms with van der Waals surface area (Å²) in [6.07, 6.45) is -3.97. The van der Waals surface area contributed by atoms with E-state index in [2.05, 4.69) is 5.32 Å². The standard InChI is InChI=1S/C27H24F4N2O2/c28-24-11-9-20(10-12-24)26(35)33-16-21(19-6-2-1-3-7-19)14-22(17-33)25(34)32-15-18-5-4-8-23(13-18)27(29,30)31/h1-13,21-22H,14-17H2,(H,32,34)/t21-,22+/m1/s1. The van der Waals surface area contributed by atoms with Crippen molar-refractivity contribution in [2.75, 3.05) is 13.1 Å². The number of hydrogen-bond donors (Lipinski definition) is 1. The Bertz CT molecular complexity index is 1180. The molecule has 0 aromatic heterocycles. The van der Waals surface area contributed by atoms with E-state index in [9.17, 15) is 27.2 Å². The molecular formula is C27H24F4N2O2. The molecule has 0 radical (unpaired) electrons. The highest BCUT2D eigenvalue weighted by Crippen LogP contribution is 2.32. The first-order valence-corrected chi connectivity index (χ1v) is 11.2. The zero-order valence-electron chi connectivity index (χ0n) is 18.8. The van der Waals surface area contributed by atoms with Crippen molar-refractivity contribution in [3.8, 4) is 0 Å². The molecule has 4 rings (SSSR count). The number of hydrogen-bond acceptors (Lipinski definition) is 2. The molecule has 1 saturated heterocycles. The van der Waals surface area contributed by atoms with Crippen LogP contribution in [0.3, 0.4) is 0 Å². The van der Waals surface area contributed by atoms with E-state index in [1.165, 1.54) is 36.4 Å². The van der Waals surface area contributed by atoms with Crippen LogP contribution in [0.5, 0.6) is 0 Å². The number of rotatable bonds is 5. The maximum Gasteiger partial charge on any atom is 0.416 e. The molecule has 0 bridgehead atoms. The van der Waals surface area contributed by atoms with Gasteiger partial charge in [-0.3, -0.25) is 9.59 Å². The van der Waals surface area contributed by atoms with Gasteiger partial charge in [-0.15, -0.1) is 0 Å². The van der Waals surface area contributed by atoms with E-state index in [4.69, 9.17) is 0 Å². The molecule has 182 valence electrons. The first kappa shape index (κ1) is 24.4. The van der Waals surface area contributed by atoms with E-state index >= 15 is 0 Å². The summed E-state index contributed by atoms with van der Waals surface area (Å²) in [4.78, 5) is 27.8.